The molecule has 2 heterocycles. The van der Waals surface area contributed by atoms with Crippen LogP contribution in [0.4, 0.5) is 5.69 Å². The molecule has 0 saturated carbocycles. The Labute approximate surface area is 96.0 Å². The highest BCUT2D eigenvalue weighted by atomic mass is 16.6. The lowest BCUT2D eigenvalue weighted by atomic mass is 10.1. The molecular weight excluding hydrogens is 202 g/mol. The number of ether oxygens (including phenoxy) is 2. The molecule has 0 radical (unpaired) electrons. The van der Waals surface area contributed by atoms with E-state index in [1.807, 2.05) is 0 Å². The van der Waals surface area contributed by atoms with Gasteiger partial charge in [-0.15, -0.1) is 0 Å². The number of benzene rings is 1. The van der Waals surface area contributed by atoms with Crippen LogP contribution in [0.1, 0.15) is 5.56 Å². The third-order valence-electron chi connectivity index (χ3n) is 3.19. The number of hydrogen-bond acceptors (Lipinski definition) is 3. The van der Waals surface area contributed by atoms with Crippen molar-refractivity contribution in [3.05, 3.63) is 29.8 Å². The van der Waals surface area contributed by atoms with Crippen LogP contribution >= 0.6 is 0 Å². The van der Waals surface area contributed by atoms with Crippen molar-refractivity contribution in [3.8, 4) is 0 Å². The van der Waals surface area contributed by atoms with Gasteiger partial charge >= 0.3 is 0 Å². The van der Waals surface area contributed by atoms with Crippen LogP contribution in [0.3, 0.4) is 0 Å². The molecule has 1 unspecified atom stereocenters. The van der Waals surface area contributed by atoms with Crippen LogP contribution in [-0.2, 0) is 15.9 Å². The van der Waals surface area contributed by atoms with E-state index in [1.54, 1.807) is 0 Å². The van der Waals surface area contributed by atoms with Gasteiger partial charge in [0.1, 0.15) is 0 Å². The molecule has 1 aromatic carbocycles. The van der Waals surface area contributed by atoms with Crippen molar-refractivity contribution < 1.29 is 9.47 Å². The number of epoxide rings is 1. The lowest BCUT2D eigenvalue weighted by Gasteiger charge is -2.30. The molecule has 0 aliphatic carbocycles. The Balaban J connectivity index is 1.79. The van der Waals surface area contributed by atoms with Crippen LogP contribution < -0.4 is 4.90 Å². The van der Waals surface area contributed by atoms with E-state index in [4.69, 9.17) is 9.47 Å². The van der Waals surface area contributed by atoms with E-state index in [9.17, 15) is 0 Å². The highest BCUT2D eigenvalue weighted by Crippen LogP contribution is 2.26. The van der Waals surface area contributed by atoms with Gasteiger partial charge in [0.25, 0.3) is 0 Å². The lowest BCUT2D eigenvalue weighted by Crippen LogP contribution is -2.36. The van der Waals surface area contributed by atoms with Crippen molar-refractivity contribution in [2.45, 2.75) is 12.5 Å². The molecule has 0 amide bonds. The third-order valence-corrected chi connectivity index (χ3v) is 3.19. The van der Waals surface area contributed by atoms with Crippen molar-refractivity contribution in [1.29, 1.82) is 0 Å². The molecule has 3 rings (SSSR count). The highest BCUT2D eigenvalue weighted by molar-refractivity contribution is 5.54. The van der Waals surface area contributed by atoms with Gasteiger partial charge in [0.15, 0.2) is 0 Å². The Morgan fingerprint density at radius 3 is 2.69 bits per heavy atom. The Kier molecular flexibility index (Phi) is 2.80. The molecule has 2 aliphatic heterocycles. The first-order valence-corrected chi connectivity index (χ1v) is 5.96. The normalized spacial score (nSPS) is 24.5. The van der Waals surface area contributed by atoms with Crippen LogP contribution in [0, 0.1) is 0 Å². The Bertz CT molecular complexity index is 357. The average molecular weight is 219 g/mol. The largest absolute Gasteiger partial charge is 0.378 e. The zero-order chi connectivity index (χ0) is 10.8. The fourth-order valence-electron chi connectivity index (χ4n) is 2.23. The summed E-state index contributed by atoms with van der Waals surface area (Å²) in [5.74, 6) is 0. The second kappa shape index (κ2) is 4.44. The monoisotopic (exact) mass is 219 g/mol. The molecule has 3 heteroatoms. The van der Waals surface area contributed by atoms with Gasteiger partial charge in [-0.25, -0.2) is 0 Å². The van der Waals surface area contributed by atoms with E-state index in [2.05, 4.69) is 29.2 Å². The van der Waals surface area contributed by atoms with E-state index in [-0.39, 0.29) is 0 Å². The summed E-state index contributed by atoms with van der Waals surface area (Å²) in [6.45, 7) is 4.62. The van der Waals surface area contributed by atoms with Crippen molar-refractivity contribution in [2.75, 3.05) is 37.8 Å². The minimum atomic E-state index is 0.460. The molecule has 0 bridgehead atoms. The van der Waals surface area contributed by atoms with E-state index < -0.39 is 0 Å². The molecule has 0 N–H and O–H groups in total. The predicted molar refractivity (Wildman–Crippen MR) is 62.9 cm³/mol. The molecule has 3 nitrogen and oxygen atoms in total. The zero-order valence-electron chi connectivity index (χ0n) is 9.39. The zero-order valence-corrected chi connectivity index (χ0v) is 9.39. The predicted octanol–water partition coefficient (Wildman–Crippen LogP) is 1.46. The van der Waals surface area contributed by atoms with Gasteiger partial charge < -0.3 is 14.4 Å². The van der Waals surface area contributed by atoms with Crippen molar-refractivity contribution in [1.82, 2.24) is 0 Å². The van der Waals surface area contributed by atoms with Gasteiger partial charge in [-0.3, -0.25) is 0 Å². The minimum absolute atomic E-state index is 0.460. The van der Waals surface area contributed by atoms with E-state index in [0.717, 1.165) is 39.3 Å². The van der Waals surface area contributed by atoms with E-state index in [1.165, 1.54) is 11.3 Å². The number of anilines is 1. The second-order valence-corrected chi connectivity index (χ2v) is 4.39. The number of rotatable bonds is 3. The van der Waals surface area contributed by atoms with Crippen molar-refractivity contribution in [3.63, 3.8) is 0 Å². The van der Waals surface area contributed by atoms with Crippen LogP contribution in [0.2, 0.25) is 0 Å². The molecule has 1 aromatic rings. The quantitative estimate of drug-likeness (QED) is 0.720. The highest BCUT2D eigenvalue weighted by Gasteiger charge is 2.25. The van der Waals surface area contributed by atoms with Crippen LogP contribution in [0.5, 0.6) is 0 Å². The molecule has 2 saturated heterocycles. The Hall–Kier alpha value is -1.06. The maximum Gasteiger partial charge on any atom is 0.0850 e. The number of nitrogens with zero attached hydrogens (tertiary/aromatic N) is 1. The minimum Gasteiger partial charge on any atom is -0.378 e. The third kappa shape index (κ3) is 2.20. The smallest absolute Gasteiger partial charge is 0.0850 e. The van der Waals surface area contributed by atoms with Crippen LogP contribution in [-0.4, -0.2) is 39.0 Å². The fraction of sp³-hybridized carbons (Fsp3) is 0.538. The van der Waals surface area contributed by atoms with Crippen molar-refractivity contribution >= 4 is 5.69 Å². The summed E-state index contributed by atoms with van der Waals surface area (Å²) in [6, 6.07) is 8.65. The van der Waals surface area contributed by atoms with Gasteiger partial charge in [-0.1, -0.05) is 18.2 Å². The number of morpholine rings is 1. The first-order valence-electron chi connectivity index (χ1n) is 5.96. The van der Waals surface area contributed by atoms with Crippen LogP contribution in [0.25, 0.3) is 0 Å². The summed E-state index contributed by atoms with van der Waals surface area (Å²) in [5.41, 5.74) is 2.77. The van der Waals surface area contributed by atoms with Gasteiger partial charge in [0.05, 0.1) is 25.9 Å². The number of para-hydroxylation sites is 1. The maximum absolute atomic E-state index is 5.39. The molecule has 1 atom stereocenters. The second-order valence-electron chi connectivity index (χ2n) is 4.39. The molecule has 16 heavy (non-hydrogen) atoms. The van der Waals surface area contributed by atoms with Gasteiger partial charge in [0, 0.05) is 25.2 Å². The SMILES string of the molecule is c1ccc(N2CCOCC2)c(CC2CO2)c1. The van der Waals surface area contributed by atoms with Crippen LogP contribution in [0.15, 0.2) is 24.3 Å². The summed E-state index contributed by atoms with van der Waals surface area (Å²) in [5, 5.41) is 0. The topological polar surface area (TPSA) is 25.0 Å². The maximum atomic E-state index is 5.39. The molecule has 2 aliphatic rings. The summed E-state index contributed by atoms with van der Waals surface area (Å²) in [7, 11) is 0. The molecule has 2 fully saturated rings. The van der Waals surface area contributed by atoms with Gasteiger partial charge in [-0.2, -0.15) is 0 Å². The summed E-state index contributed by atoms with van der Waals surface area (Å²) in [6.07, 6.45) is 1.51. The standard InChI is InChI=1S/C13H17NO2/c1-2-4-13(14-5-7-15-8-6-14)11(3-1)9-12-10-16-12/h1-4,12H,5-10H2. The Morgan fingerprint density at radius 1 is 1.19 bits per heavy atom. The van der Waals surface area contributed by atoms with Gasteiger partial charge in [-0.05, 0) is 11.6 Å². The molecule has 86 valence electrons. The average Bonchev–Trinajstić information content (AvgIpc) is 3.15. The number of hydrogen-bond donors (Lipinski definition) is 0. The first kappa shape index (κ1) is 10.1. The Morgan fingerprint density at radius 2 is 1.94 bits per heavy atom. The summed E-state index contributed by atoms with van der Waals surface area (Å²) < 4.78 is 10.7. The molecule has 0 spiro atoms. The lowest BCUT2D eigenvalue weighted by molar-refractivity contribution is 0.122. The van der Waals surface area contributed by atoms with Gasteiger partial charge in [0.2, 0.25) is 0 Å². The fourth-order valence-corrected chi connectivity index (χ4v) is 2.23. The molecular formula is C13H17NO2. The van der Waals surface area contributed by atoms with Crippen molar-refractivity contribution in [2.24, 2.45) is 0 Å². The van der Waals surface area contributed by atoms with E-state index >= 15 is 0 Å². The summed E-state index contributed by atoms with van der Waals surface area (Å²) >= 11 is 0. The molecule has 0 aromatic heterocycles. The summed E-state index contributed by atoms with van der Waals surface area (Å²) in [4.78, 5) is 2.42. The first-order chi connectivity index (χ1) is 7.93. The van der Waals surface area contributed by atoms with E-state index in [0.29, 0.717) is 6.10 Å².